The van der Waals surface area contributed by atoms with Crippen molar-refractivity contribution in [2.45, 2.75) is 0 Å². The number of nitrogens with zero attached hydrogens (tertiary/aromatic N) is 2. The first kappa shape index (κ1) is 38.5. The lowest BCUT2D eigenvalue weighted by Crippen LogP contribution is -2.11. The number of hydrogen-bond acceptors (Lipinski definition) is 2. The van der Waals surface area contributed by atoms with Crippen molar-refractivity contribution in [2.24, 2.45) is 0 Å². The molecule has 0 spiro atoms. The average Bonchev–Trinajstić information content (AvgIpc) is 3.95. The molecular weight excluding hydrogens is 813 g/mol. The predicted octanol–water partition coefficient (Wildman–Crippen LogP) is 18.0. The standard InChI is InChI=1S/C64H42N2O/c1-2-15-48-42-49(33-28-43(48)14-1)44-34-38-50(39-35-44)65(51-40-36-47(37-41-51)54-21-13-22-58-57-20-7-12-27-63(57)67-64(54)58)59-23-8-3-16-52(59)45-29-31-46(32-30-45)53-17-4-9-24-60(53)66-61-25-10-5-18-55(61)56-19-6-11-26-62(56)66/h1-42H. The molecule has 0 aliphatic heterocycles. The lowest BCUT2D eigenvalue weighted by Gasteiger charge is -2.28. The predicted molar refractivity (Wildman–Crippen MR) is 282 cm³/mol. The monoisotopic (exact) mass is 854 g/mol. The normalized spacial score (nSPS) is 11.6. The Kier molecular flexibility index (Phi) is 9.17. The maximum absolute atomic E-state index is 6.47. The second kappa shape index (κ2) is 16.0. The summed E-state index contributed by atoms with van der Waals surface area (Å²) in [4.78, 5) is 2.39. The van der Waals surface area contributed by atoms with Crippen LogP contribution in [0.25, 0.3) is 105 Å². The first-order valence-corrected chi connectivity index (χ1v) is 22.9. The highest BCUT2D eigenvalue weighted by Gasteiger charge is 2.20. The zero-order chi connectivity index (χ0) is 44.3. The van der Waals surface area contributed by atoms with Gasteiger partial charge in [-0.3, -0.25) is 0 Å². The lowest BCUT2D eigenvalue weighted by molar-refractivity contribution is 0.670. The van der Waals surface area contributed by atoms with Gasteiger partial charge in [-0.15, -0.1) is 0 Å². The van der Waals surface area contributed by atoms with Gasteiger partial charge in [0.05, 0.1) is 22.4 Å². The van der Waals surface area contributed by atoms with E-state index in [9.17, 15) is 0 Å². The van der Waals surface area contributed by atoms with Gasteiger partial charge in [0.1, 0.15) is 11.2 Å². The van der Waals surface area contributed by atoms with Crippen LogP contribution >= 0.6 is 0 Å². The number of para-hydroxylation sites is 6. The van der Waals surface area contributed by atoms with Crippen molar-refractivity contribution in [3.63, 3.8) is 0 Å². The van der Waals surface area contributed by atoms with Gasteiger partial charge < -0.3 is 13.9 Å². The Bertz CT molecular complexity index is 3920. The van der Waals surface area contributed by atoms with E-state index in [1.165, 1.54) is 49.3 Å². The van der Waals surface area contributed by atoms with Gasteiger partial charge in [-0.1, -0.05) is 194 Å². The van der Waals surface area contributed by atoms with Crippen LogP contribution in [0.5, 0.6) is 0 Å². The maximum Gasteiger partial charge on any atom is 0.143 e. The van der Waals surface area contributed by atoms with E-state index in [0.29, 0.717) is 0 Å². The van der Waals surface area contributed by atoms with Crippen molar-refractivity contribution >= 4 is 71.6 Å². The Morgan fingerprint density at radius 1 is 0.313 bits per heavy atom. The van der Waals surface area contributed by atoms with Crippen LogP contribution in [0, 0.1) is 0 Å². The minimum atomic E-state index is 0.900. The molecule has 0 amide bonds. The molecule has 0 N–H and O–H groups in total. The summed E-state index contributed by atoms with van der Waals surface area (Å²) in [5, 5.41) is 7.24. The average molecular weight is 855 g/mol. The van der Waals surface area contributed by atoms with Crippen LogP contribution in [0.4, 0.5) is 17.1 Å². The number of rotatable bonds is 8. The van der Waals surface area contributed by atoms with Crippen LogP contribution in [0.2, 0.25) is 0 Å². The molecule has 0 bridgehead atoms. The lowest BCUT2D eigenvalue weighted by atomic mass is 9.97. The molecule has 0 aliphatic rings. The van der Waals surface area contributed by atoms with Crippen molar-refractivity contribution < 1.29 is 4.42 Å². The van der Waals surface area contributed by atoms with Crippen molar-refractivity contribution in [1.29, 1.82) is 0 Å². The minimum absolute atomic E-state index is 0.900. The van der Waals surface area contributed by atoms with Gasteiger partial charge in [0.15, 0.2) is 0 Å². The third-order valence-corrected chi connectivity index (χ3v) is 13.4. The molecule has 0 aliphatic carbocycles. The van der Waals surface area contributed by atoms with Crippen LogP contribution < -0.4 is 4.90 Å². The van der Waals surface area contributed by atoms with E-state index in [4.69, 9.17) is 4.42 Å². The quantitative estimate of drug-likeness (QED) is 0.152. The molecule has 0 radical (unpaired) electrons. The zero-order valence-electron chi connectivity index (χ0n) is 36.6. The van der Waals surface area contributed by atoms with Crippen LogP contribution in [0.1, 0.15) is 0 Å². The molecule has 67 heavy (non-hydrogen) atoms. The van der Waals surface area contributed by atoms with Gasteiger partial charge in [-0.2, -0.15) is 0 Å². The first-order valence-electron chi connectivity index (χ1n) is 22.9. The maximum atomic E-state index is 6.47. The van der Waals surface area contributed by atoms with E-state index in [2.05, 4.69) is 252 Å². The Balaban J connectivity index is 0.908. The topological polar surface area (TPSA) is 21.3 Å². The third kappa shape index (κ3) is 6.59. The molecule has 2 aromatic heterocycles. The van der Waals surface area contributed by atoms with Crippen LogP contribution in [0.15, 0.2) is 259 Å². The highest BCUT2D eigenvalue weighted by molar-refractivity contribution is 6.11. The molecule has 2 heterocycles. The molecule has 11 aromatic carbocycles. The molecule has 314 valence electrons. The summed E-state index contributed by atoms with van der Waals surface area (Å²) in [6.07, 6.45) is 0. The summed E-state index contributed by atoms with van der Waals surface area (Å²) >= 11 is 0. The van der Waals surface area contributed by atoms with Gasteiger partial charge in [0.25, 0.3) is 0 Å². The molecular formula is C64H42N2O. The molecule has 0 saturated heterocycles. The number of aromatic nitrogens is 1. The molecule has 13 aromatic rings. The van der Waals surface area contributed by atoms with Crippen molar-refractivity contribution in [3.05, 3.63) is 255 Å². The summed E-state index contributed by atoms with van der Waals surface area (Å²) in [5.74, 6) is 0. The minimum Gasteiger partial charge on any atom is -0.455 e. The molecule has 0 atom stereocenters. The van der Waals surface area contributed by atoms with Gasteiger partial charge in [-0.25, -0.2) is 0 Å². The smallest absolute Gasteiger partial charge is 0.143 e. The van der Waals surface area contributed by atoms with E-state index in [1.807, 2.05) is 12.1 Å². The fourth-order valence-corrected chi connectivity index (χ4v) is 10.2. The highest BCUT2D eigenvalue weighted by atomic mass is 16.3. The van der Waals surface area contributed by atoms with Gasteiger partial charge in [0, 0.05) is 49.6 Å². The molecule has 13 rings (SSSR count). The number of anilines is 3. The van der Waals surface area contributed by atoms with E-state index in [1.54, 1.807) is 0 Å². The van der Waals surface area contributed by atoms with Crippen LogP contribution in [-0.2, 0) is 0 Å². The molecule has 3 nitrogen and oxygen atoms in total. The van der Waals surface area contributed by atoms with E-state index < -0.39 is 0 Å². The summed E-state index contributed by atoms with van der Waals surface area (Å²) < 4.78 is 8.89. The molecule has 3 heteroatoms. The van der Waals surface area contributed by atoms with Crippen LogP contribution in [-0.4, -0.2) is 4.57 Å². The van der Waals surface area contributed by atoms with E-state index in [-0.39, 0.29) is 0 Å². The number of benzene rings is 11. The summed E-state index contributed by atoms with van der Waals surface area (Å²) in [6.45, 7) is 0. The SMILES string of the molecule is c1ccc(N(c2ccc(-c3ccc4ccccc4c3)cc2)c2ccc(-c3cccc4c3oc3ccccc34)cc2)c(-c2ccc(-c3ccccc3-n3c4ccccc4c4ccccc43)cc2)c1. The molecule has 0 fully saturated rings. The molecule has 0 saturated carbocycles. The Labute approximate surface area is 388 Å². The summed E-state index contributed by atoms with van der Waals surface area (Å²) in [7, 11) is 0. The van der Waals surface area contributed by atoms with Crippen LogP contribution in [0.3, 0.4) is 0 Å². The first-order chi connectivity index (χ1) is 33.2. The van der Waals surface area contributed by atoms with Gasteiger partial charge in [0.2, 0.25) is 0 Å². The van der Waals surface area contributed by atoms with Gasteiger partial charge in [-0.05, 0) is 99.3 Å². The third-order valence-electron chi connectivity index (χ3n) is 13.4. The Morgan fingerprint density at radius 3 is 1.54 bits per heavy atom. The van der Waals surface area contributed by atoms with Crippen molar-refractivity contribution in [2.75, 3.05) is 4.90 Å². The zero-order valence-corrected chi connectivity index (χ0v) is 36.6. The number of furan rings is 1. The second-order valence-electron chi connectivity index (χ2n) is 17.3. The summed E-state index contributed by atoms with van der Waals surface area (Å²) in [6, 6.07) is 91.9. The van der Waals surface area contributed by atoms with E-state index in [0.717, 1.165) is 72.5 Å². The summed E-state index contributed by atoms with van der Waals surface area (Å²) in [5.41, 5.74) is 17.8. The second-order valence-corrected chi connectivity index (χ2v) is 17.3. The molecule has 0 unspecified atom stereocenters. The Hall–Kier alpha value is -8.92. The van der Waals surface area contributed by atoms with Crippen molar-refractivity contribution in [1.82, 2.24) is 4.57 Å². The largest absolute Gasteiger partial charge is 0.455 e. The van der Waals surface area contributed by atoms with Crippen molar-refractivity contribution in [3.8, 4) is 50.2 Å². The van der Waals surface area contributed by atoms with Gasteiger partial charge >= 0.3 is 0 Å². The highest BCUT2D eigenvalue weighted by Crippen LogP contribution is 2.44. The fraction of sp³-hybridized carbons (Fsp3) is 0. The fourth-order valence-electron chi connectivity index (χ4n) is 10.2. The number of fused-ring (bicyclic) bond motifs is 7. The van der Waals surface area contributed by atoms with E-state index >= 15 is 0 Å². The Morgan fingerprint density at radius 2 is 0.806 bits per heavy atom. The number of hydrogen-bond donors (Lipinski definition) is 0.